The Kier molecular flexibility index (Phi) is 12.3. The van der Waals surface area contributed by atoms with E-state index >= 15 is 0 Å². The molecule has 1 unspecified atom stereocenters. The summed E-state index contributed by atoms with van der Waals surface area (Å²) >= 11 is 0. The van der Waals surface area contributed by atoms with Gasteiger partial charge >= 0.3 is 0 Å². The molecule has 0 heterocycles. The van der Waals surface area contributed by atoms with Crippen LogP contribution in [0.2, 0.25) is 0 Å². The van der Waals surface area contributed by atoms with Gasteiger partial charge < -0.3 is 24.1 Å². The lowest BCUT2D eigenvalue weighted by Gasteiger charge is -2.15. The van der Waals surface area contributed by atoms with E-state index in [0.29, 0.717) is 26.4 Å². The molecule has 0 fully saturated rings. The van der Waals surface area contributed by atoms with Crippen LogP contribution in [-0.2, 0) is 22.7 Å². The molecule has 0 aliphatic rings. The van der Waals surface area contributed by atoms with Gasteiger partial charge in [0.15, 0.2) is 0 Å². The molecule has 33 heavy (non-hydrogen) atoms. The third kappa shape index (κ3) is 10.3. The van der Waals surface area contributed by atoms with Gasteiger partial charge in [0, 0.05) is 0 Å². The molecule has 2 rings (SSSR count). The molecule has 0 aliphatic carbocycles. The lowest BCUT2D eigenvalue weighted by molar-refractivity contribution is 0.121. The van der Waals surface area contributed by atoms with Crippen molar-refractivity contribution < 1.29 is 24.1 Å². The van der Waals surface area contributed by atoms with E-state index in [2.05, 4.69) is 19.1 Å². The number of allylic oxidation sites excluding steroid dienone is 1. The summed E-state index contributed by atoms with van der Waals surface area (Å²) in [5.41, 5.74) is 4.52. The summed E-state index contributed by atoms with van der Waals surface area (Å²) < 4.78 is 22.1. The Hall–Kier alpha value is -2.60. The van der Waals surface area contributed by atoms with E-state index in [4.69, 9.17) is 18.9 Å². The Bertz CT molecular complexity index is 853. The summed E-state index contributed by atoms with van der Waals surface area (Å²) in [5, 5.41) is 9.38. The highest BCUT2D eigenvalue weighted by atomic mass is 16.5. The molecule has 1 atom stereocenters. The summed E-state index contributed by atoms with van der Waals surface area (Å²) in [6.45, 7) is 6.63. The van der Waals surface area contributed by atoms with Gasteiger partial charge in [-0.2, -0.15) is 0 Å². The molecule has 0 bridgehead atoms. The van der Waals surface area contributed by atoms with E-state index in [1.165, 1.54) is 5.57 Å². The minimum absolute atomic E-state index is 0.0799. The maximum absolute atomic E-state index is 9.38. The molecule has 0 saturated carbocycles. The normalized spacial score (nSPS) is 13.1. The van der Waals surface area contributed by atoms with Crippen molar-refractivity contribution in [2.75, 3.05) is 34.0 Å². The lowest BCUT2D eigenvalue weighted by atomic mass is 9.95. The highest BCUT2D eigenvalue weighted by Gasteiger charge is 2.07. The molecule has 0 saturated heterocycles. The Labute approximate surface area is 198 Å². The van der Waals surface area contributed by atoms with Gasteiger partial charge in [0.2, 0.25) is 0 Å². The molecule has 2 aromatic rings. The molecule has 1 N–H and O–H groups in total. The van der Waals surface area contributed by atoms with Crippen LogP contribution < -0.4 is 9.47 Å². The number of hydrogen-bond donors (Lipinski definition) is 1. The van der Waals surface area contributed by atoms with Gasteiger partial charge in [-0.15, -0.1) is 0 Å². The number of hydrogen-bond acceptors (Lipinski definition) is 5. The van der Waals surface area contributed by atoms with E-state index in [1.807, 2.05) is 55.5 Å². The molecule has 0 amide bonds. The van der Waals surface area contributed by atoms with E-state index < -0.39 is 0 Å². The number of rotatable bonds is 15. The van der Waals surface area contributed by atoms with Gasteiger partial charge in [0.25, 0.3) is 0 Å². The van der Waals surface area contributed by atoms with Crippen molar-refractivity contribution in [3.63, 3.8) is 0 Å². The van der Waals surface area contributed by atoms with Crippen molar-refractivity contribution in [3.8, 4) is 11.5 Å². The molecular weight excluding hydrogens is 416 g/mol. The van der Waals surface area contributed by atoms with Crippen LogP contribution in [0.5, 0.6) is 11.5 Å². The number of aliphatic hydroxyl groups is 1. The van der Waals surface area contributed by atoms with Crippen LogP contribution in [-0.4, -0.2) is 39.1 Å². The minimum atomic E-state index is 0.0799. The fourth-order valence-electron chi connectivity index (χ4n) is 3.44. The van der Waals surface area contributed by atoms with E-state index in [1.54, 1.807) is 14.2 Å². The monoisotopic (exact) mass is 454 g/mol. The molecule has 5 nitrogen and oxygen atoms in total. The fraction of sp³-hybridized carbons (Fsp3) is 0.429. The fourth-order valence-corrected chi connectivity index (χ4v) is 3.44. The van der Waals surface area contributed by atoms with Crippen LogP contribution >= 0.6 is 0 Å². The largest absolute Gasteiger partial charge is 0.497 e. The summed E-state index contributed by atoms with van der Waals surface area (Å²) in [6.07, 6.45) is 6.04. The van der Waals surface area contributed by atoms with Crippen LogP contribution in [0.4, 0.5) is 0 Å². The predicted molar refractivity (Wildman–Crippen MR) is 133 cm³/mol. The first-order valence-corrected chi connectivity index (χ1v) is 11.4. The first-order chi connectivity index (χ1) is 16.0. The highest BCUT2D eigenvalue weighted by molar-refractivity contribution is 5.27. The van der Waals surface area contributed by atoms with Crippen LogP contribution in [0.1, 0.15) is 37.8 Å². The first kappa shape index (κ1) is 26.7. The van der Waals surface area contributed by atoms with E-state index in [9.17, 15) is 5.11 Å². The molecule has 0 radical (unpaired) electrons. The van der Waals surface area contributed by atoms with Crippen LogP contribution in [0, 0.1) is 5.92 Å². The summed E-state index contributed by atoms with van der Waals surface area (Å²) in [6, 6.07) is 15.9. The Morgan fingerprint density at radius 1 is 0.848 bits per heavy atom. The van der Waals surface area contributed by atoms with Crippen LogP contribution in [0.3, 0.4) is 0 Å². The summed E-state index contributed by atoms with van der Waals surface area (Å²) in [4.78, 5) is 0. The second kappa shape index (κ2) is 15.3. The smallest absolute Gasteiger partial charge is 0.118 e. The zero-order valence-corrected chi connectivity index (χ0v) is 20.4. The van der Waals surface area contributed by atoms with Crippen molar-refractivity contribution in [2.45, 2.75) is 39.9 Å². The van der Waals surface area contributed by atoms with Gasteiger partial charge in [-0.3, -0.25) is 0 Å². The maximum atomic E-state index is 9.38. The Morgan fingerprint density at radius 2 is 1.36 bits per heavy atom. The molecule has 0 aliphatic heterocycles. The number of benzene rings is 2. The van der Waals surface area contributed by atoms with Crippen molar-refractivity contribution in [1.82, 2.24) is 0 Å². The zero-order valence-electron chi connectivity index (χ0n) is 20.4. The molecule has 5 heteroatoms. The van der Waals surface area contributed by atoms with Gasteiger partial charge in [-0.05, 0) is 61.1 Å². The average Bonchev–Trinajstić information content (AvgIpc) is 2.85. The lowest BCUT2D eigenvalue weighted by Crippen LogP contribution is -2.05. The first-order valence-electron chi connectivity index (χ1n) is 11.4. The average molecular weight is 455 g/mol. The summed E-state index contributed by atoms with van der Waals surface area (Å²) in [7, 11) is 3.33. The number of methoxy groups -OCH3 is 2. The van der Waals surface area contributed by atoms with Crippen molar-refractivity contribution in [2.24, 2.45) is 5.92 Å². The van der Waals surface area contributed by atoms with Crippen LogP contribution in [0.25, 0.3) is 0 Å². The third-order valence-corrected chi connectivity index (χ3v) is 5.43. The Morgan fingerprint density at radius 3 is 1.85 bits per heavy atom. The number of aliphatic hydroxyl groups excluding tert-OH is 1. The number of ether oxygens (including phenoxy) is 4. The van der Waals surface area contributed by atoms with E-state index in [-0.39, 0.29) is 12.5 Å². The van der Waals surface area contributed by atoms with Gasteiger partial charge in [0.05, 0.1) is 47.3 Å². The maximum Gasteiger partial charge on any atom is 0.118 e. The topological polar surface area (TPSA) is 57.2 Å². The standard InChI is InChI=1S/C28H38O5/c1-22(19-29)18-23(2)26(15-17-33-21-25-9-13-28(31-4)14-10-25)6-5-16-32-20-24-7-11-27(30-3)12-8-24/h6-14,18,23,29H,5,15-17,19-21H2,1-4H3/b22-18+,26-6+. The van der Waals surface area contributed by atoms with Crippen LogP contribution in [0.15, 0.2) is 71.8 Å². The van der Waals surface area contributed by atoms with Crippen molar-refractivity contribution in [3.05, 3.63) is 83.0 Å². The minimum Gasteiger partial charge on any atom is -0.497 e. The SMILES string of the molecule is COc1ccc(COCC/C=C(\CCOCc2ccc(OC)cc2)C(C)/C=C(\C)CO)cc1. The second-order valence-electron chi connectivity index (χ2n) is 8.08. The van der Waals surface area contributed by atoms with Gasteiger partial charge in [-0.1, -0.05) is 54.5 Å². The van der Waals surface area contributed by atoms with Crippen molar-refractivity contribution >= 4 is 0 Å². The Balaban J connectivity index is 1.82. The molecule has 0 aromatic heterocycles. The third-order valence-electron chi connectivity index (χ3n) is 5.43. The molecule has 2 aromatic carbocycles. The van der Waals surface area contributed by atoms with E-state index in [0.717, 1.165) is 41.0 Å². The second-order valence-corrected chi connectivity index (χ2v) is 8.08. The van der Waals surface area contributed by atoms with Crippen molar-refractivity contribution in [1.29, 1.82) is 0 Å². The highest BCUT2D eigenvalue weighted by Crippen LogP contribution is 2.20. The van der Waals surface area contributed by atoms with Gasteiger partial charge in [0.1, 0.15) is 11.5 Å². The molecule has 180 valence electrons. The zero-order chi connectivity index (χ0) is 23.9. The molecule has 0 spiro atoms. The van der Waals surface area contributed by atoms with Gasteiger partial charge in [-0.25, -0.2) is 0 Å². The molecular formula is C28H38O5. The quantitative estimate of drug-likeness (QED) is 0.276. The summed E-state index contributed by atoms with van der Waals surface area (Å²) in [5.74, 6) is 1.93. The predicted octanol–water partition coefficient (Wildman–Crippen LogP) is 5.72.